The van der Waals surface area contributed by atoms with Crippen LogP contribution in [-0.2, 0) is 0 Å². The van der Waals surface area contributed by atoms with Crippen molar-refractivity contribution in [1.29, 1.82) is 0 Å². The number of aryl methyl sites for hydroxylation is 1. The molecular weight excluding hydrogens is 423 g/mol. The van der Waals surface area contributed by atoms with Crippen molar-refractivity contribution in [2.45, 2.75) is 6.92 Å². The van der Waals surface area contributed by atoms with Crippen molar-refractivity contribution in [2.75, 3.05) is 5.32 Å². The van der Waals surface area contributed by atoms with Crippen LogP contribution in [0.2, 0.25) is 5.02 Å². The van der Waals surface area contributed by atoms with E-state index >= 15 is 0 Å². The largest absolute Gasteiger partial charge is 0.389 e. The average Bonchev–Trinajstić information content (AvgIpc) is 2.35. The van der Waals surface area contributed by atoms with E-state index in [2.05, 4.69) is 37.2 Å². The van der Waals surface area contributed by atoms with E-state index in [1.165, 1.54) is 0 Å². The number of anilines is 2. The van der Waals surface area contributed by atoms with Gasteiger partial charge in [0.15, 0.2) is 0 Å². The second kappa shape index (κ2) is 6.43. The van der Waals surface area contributed by atoms with Gasteiger partial charge in [0.25, 0.3) is 0 Å². The average molecular weight is 435 g/mol. The quantitative estimate of drug-likeness (QED) is 0.622. The lowest BCUT2D eigenvalue weighted by Gasteiger charge is -2.15. The first-order valence-corrected chi connectivity index (χ1v) is 8.08. The van der Waals surface area contributed by atoms with Crippen molar-refractivity contribution >= 4 is 72.0 Å². The minimum absolute atomic E-state index is 0.328. The van der Waals surface area contributed by atoms with Gasteiger partial charge in [-0.1, -0.05) is 29.9 Å². The molecule has 2 aromatic rings. The number of benzene rings is 2. The van der Waals surface area contributed by atoms with Crippen LogP contribution in [0.4, 0.5) is 11.4 Å². The first-order valence-electron chi connectivity index (χ1n) is 5.71. The van der Waals surface area contributed by atoms with Crippen molar-refractivity contribution in [3.8, 4) is 0 Å². The molecule has 0 fully saturated rings. The zero-order valence-electron chi connectivity index (χ0n) is 10.5. The predicted octanol–water partition coefficient (Wildman–Crippen LogP) is 5.55. The van der Waals surface area contributed by atoms with E-state index in [4.69, 9.17) is 29.6 Å². The lowest BCUT2D eigenvalue weighted by molar-refractivity contribution is 1.42. The maximum Gasteiger partial charge on any atom is 0.107 e. The molecule has 0 radical (unpaired) electrons. The lowest BCUT2D eigenvalue weighted by Crippen LogP contribution is -2.13. The Balaban J connectivity index is 2.48. The molecule has 0 aliphatic carbocycles. The highest BCUT2D eigenvalue weighted by Crippen LogP contribution is 2.34. The number of hydrogen-bond donors (Lipinski definition) is 2. The molecule has 0 saturated heterocycles. The van der Waals surface area contributed by atoms with E-state index < -0.39 is 0 Å². The number of thiocarbonyl (C=S) groups is 1. The van der Waals surface area contributed by atoms with Crippen LogP contribution in [0.1, 0.15) is 11.1 Å². The third kappa shape index (κ3) is 3.34. The van der Waals surface area contributed by atoms with Gasteiger partial charge in [0.1, 0.15) is 4.99 Å². The SMILES string of the molecule is Cc1cc(Br)c(Nc2cccc(Br)c2C(N)=S)cc1Cl. The number of rotatable bonds is 3. The molecule has 2 nitrogen and oxygen atoms in total. The van der Waals surface area contributed by atoms with Crippen LogP contribution in [0.3, 0.4) is 0 Å². The summed E-state index contributed by atoms with van der Waals surface area (Å²) in [5.41, 5.74) is 9.25. The molecule has 6 heteroatoms. The van der Waals surface area contributed by atoms with Crippen LogP contribution < -0.4 is 11.1 Å². The van der Waals surface area contributed by atoms with E-state index in [9.17, 15) is 0 Å². The van der Waals surface area contributed by atoms with Gasteiger partial charge < -0.3 is 11.1 Å². The van der Waals surface area contributed by atoms with E-state index in [1.54, 1.807) is 0 Å². The molecule has 0 amide bonds. The number of nitrogens with one attached hydrogen (secondary N) is 1. The van der Waals surface area contributed by atoms with Gasteiger partial charge in [-0.2, -0.15) is 0 Å². The Labute approximate surface area is 145 Å². The first kappa shape index (κ1) is 15.8. The number of nitrogens with two attached hydrogens (primary N) is 1. The Morgan fingerprint density at radius 1 is 1.20 bits per heavy atom. The van der Waals surface area contributed by atoms with E-state index in [0.717, 1.165) is 31.4 Å². The molecule has 0 bridgehead atoms. The third-order valence-electron chi connectivity index (χ3n) is 2.78. The molecule has 0 unspecified atom stereocenters. The zero-order chi connectivity index (χ0) is 14.9. The fourth-order valence-corrected chi connectivity index (χ4v) is 3.42. The van der Waals surface area contributed by atoms with Gasteiger partial charge in [-0.25, -0.2) is 0 Å². The van der Waals surface area contributed by atoms with Crippen molar-refractivity contribution in [1.82, 2.24) is 0 Å². The minimum Gasteiger partial charge on any atom is -0.389 e. The van der Waals surface area contributed by atoms with Crippen LogP contribution >= 0.6 is 55.7 Å². The van der Waals surface area contributed by atoms with Gasteiger partial charge in [0.2, 0.25) is 0 Å². The van der Waals surface area contributed by atoms with Gasteiger partial charge in [-0.3, -0.25) is 0 Å². The Morgan fingerprint density at radius 3 is 2.55 bits per heavy atom. The molecule has 3 N–H and O–H groups in total. The third-order valence-corrected chi connectivity index (χ3v) is 4.71. The summed E-state index contributed by atoms with van der Waals surface area (Å²) in [4.78, 5) is 0.328. The first-order chi connectivity index (χ1) is 9.40. The summed E-state index contributed by atoms with van der Waals surface area (Å²) in [6, 6.07) is 9.56. The Bertz CT molecular complexity index is 689. The minimum atomic E-state index is 0.328. The Hall–Kier alpha value is -0.620. The molecule has 0 heterocycles. The second-order valence-electron chi connectivity index (χ2n) is 4.23. The molecular formula is C14H11Br2ClN2S. The van der Waals surface area contributed by atoms with Crippen LogP contribution in [0, 0.1) is 6.92 Å². The standard InChI is InChI=1S/C14H11Br2ClN2S/c1-7-5-9(16)12(6-10(7)17)19-11-4-2-3-8(15)13(11)14(18)20/h2-6,19H,1H3,(H2,18,20). The van der Waals surface area contributed by atoms with Crippen molar-refractivity contribution in [2.24, 2.45) is 5.73 Å². The molecule has 2 rings (SSSR count). The maximum absolute atomic E-state index is 6.17. The Morgan fingerprint density at radius 2 is 1.90 bits per heavy atom. The van der Waals surface area contributed by atoms with Gasteiger partial charge in [0.05, 0.1) is 5.69 Å². The fraction of sp³-hybridized carbons (Fsp3) is 0.0714. The summed E-state index contributed by atoms with van der Waals surface area (Å²) in [6.45, 7) is 1.95. The summed E-state index contributed by atoms with van der Waals surface area (Å²) in [5, 5.41) is 4.00. The highest BCUT2D eigenvalue weighted by molar-refractivity contribution is 9.11. The Kier molecular flexibility index (Phi) is 5.07. The molecule has 2 aromatic carbocycles. The van der Waals surface area contributed by atoms with Crippen LogP contribution in [0.15, 0.2) is 39.3 Å². The number of hydrogen-bond acceptors (Lipinski definition) is 2. The molecule has 20 heavy (non-hydrogen) atoms. The van der Waals surface area contributed by atoms with E-state index in [-0.39, 0.29) is 0 Å². The highest BCUT2D eigenvalue weighted by Gasteiger charge is 2.11. The molecule has 0 saturated carbocycles. The van der Waals surface area contributed by atoms with Gasteiger partial charge in [-0.05, 0) is 68.6 Å². The van der Waals surface area contributed by atoms with Gasteiger partial charge in [0, 0.05) is 25.2 Å². The monoisotopic (exact) mass is 432 g/mol. The molecule has 0 spiro atoms. The molecule has 104 valence electrons. The summed E-state index contributed by atoms with van der Waals surface area (Å²) in [7, 11) is 0. The molecule has 0 aliphatic rings. The highest BCUT2D eigenvalue weighted by atomic mass is 79.9. The smallest absolute Gasteiger partial charge is 0.107 e. The van der Waals surface area contributed by atoms with Crippen molar-refractivity contribution in [3.63, 3.8) is 0 Å². The van der Waals surface area contributed by atoms with Crippen molar-refractivity contribution in [3.05, 3.63) is 55.4 Å². The summed E-state index contributed by atoms with van der Waals surface area (Å²) in [5.74, 6) is 0. The fourth-order valence-electron chi connectivity index (χ4n) is 1.77. The normalized spacial score (nSPS) is 10.4. The molecule has 0 aliphatic heterocycles. The van der Waals surface area contributed by atoms with E-state index in [1.807, 2.05) is 37.3 Å². The van der Waals surface area contributed by atoms with Gasteiger partial charge in [-0.15, -0.1) is 0 Å². The number of halogens is 3. The summed E-state index contributed by atoms with van der Waals surface area (Å²) < 4.78 is 1.78. The molecule has 0 atom stereocenters. The van der Waals surface area contributed by atoms with Gasteiger partial charge >= 0.3 is 0 Å². The summed E-state index contributed by atoms with van der Waals surface area (Å²) >= 11 is 18.3. The zero-order valence-corrected chi connectivity index (χ0v) is 15.3. The van der Waals surface area contributed by atoms with Crippen molar-refractivity contribution < 1.29 is 0 Å². The van der Waals surface area contributed by atoms with Crippen LogP contribution in [0.25, 0.3) is 0 Å². The second-order valence-corrected chi connectivity index (χ2v) is 6.79. The maximum atomic E-state index is 6.17. The topological polar surface area (TPSA) is 38.0 Å². The lowest BCUT2D eigenvalue weighted by atomic mass is 10.1. The predicted molar refractivity (Wildman–Crippen MR) is 97.2 cm³/mol. The van der Waals surface area contributed by atoms with Crippen LogP contribution in [-0.4, -0.2) is 4.99 Å². The van der Waals surface area contributed by atoms with Crippen LogP contribution in [0.5, 0.6) is 0 Å². The molecule has 0 aromatic heterocycles. The summed E-state index contributed by atoms with van der Waals surface area (Å²) in [6.07, 6.45) is 0. The van der Waals surface area contributed by atoms with E-state index in [0.29, 0.717) is 10.0 Å².